The maximum absolute atomic E-state index is 13.4. The highest BCUT2D eigenvalue weighted by atomic mass is 19.1. The summed E-state index contributed by atoms with van der Waals surface area (Å²) >= 11 is 0. The Labute approximate surface area is 123 Å². The molecule has 0 radical (unpaired) electrons. The fraction of sp³-hybridized carbons (Fsp3) is 0.500. The van der Waals surface area contributed by atoms with Crippen molar-refractivity contribution in [3.8, 4) is 0 Å². The summed E-state index contributed by atoms with van der Waals surface area (Å²) in [4.78, 5) is 25.8. The summed E-state index contributed by atoms with van der Waals surface area (Å²) in [5.41, 5.74) is 1.01. The van der Waals surface area contributed by atoms with Gasteiger partial charge in [0.15, 0.2) is 0 Å². The lowest BCUT2D eigenvalue weighted by atomic mass is 10.1. The highest BCUT2D eigenvalue weighted by Gasteiger charge is 2.30. The van der Waals surface area contributed by atoms with Crippen LogP contribution in [-0.2, 0) is 9.53 Å². The van der Waals surface area contributed by atoms with Crippen LogP contribution in [-0.4, -0.2) is 36.5 Å². The molecular weight excluding hydrogens is 273 g/mol. The van der Waals surface area contributed by atoms with E-state index < -0.39 is 11.8 Å². The van der Waals surface area contributed by atoms with Crippen molar-refractivity contribution in [2.24, 2.45) is 0 Å². The molecule has 5 heteroatoms. The summed E-state index contributed by atoms with van der Waals surface area (Å²) in [6.07, 6.45) is 3.82. The van der Waals surface area contributed by atoms with Crippen LogP contribution in [0.2, 0.25) is 0 Å². The second-order valence-corrected chi connectivity index (χ2v) is 5.41. The number of amides is 1. The molecule has 1 aliphatic rings. The van der Waals surface area contributed by atoms with E-state index in [1.165, 1.54) is 24.1 Å². The third kappa shape index (κ3) is 3.60. The lowest BCUT2D eigenvalue weighted by molar-refractivity contribution is -0.141. The van der Waals surface area contributed by atoms with Gasteiger partial charge in [0.2, 0.25) is 0 Å². The van der Waals surface area contributed by atoms with Gasteiger partial charge < -0.3 is 9.64 Å². The molecule has 0 aliphatic heterocycles. The number of esters is 1. The number of carbonyl (C=O) groups is 2. The zero-order valence-corrected chi connectivity index (χ0v) is 12.4. The molecule has 1 aromatic carbocycles. The highest BCUT2D eigenvalue weighted by molar-refractivity contribution is 5.97. The second kappa shape index (κ2) is 6.70. The van der Waals surface area contributed by atoms with E-state index in [1.807, 2.05) is 0 Å². The molecule has 0 aromatic heterocycles. The molecule has 2 rings (SSSR count). The van der Waals surface area contributed by atoms with Gasteiger partial charge in [-0.2, -0.15) is 0 Å². The Bertz CT molecular complexity index is 538. The Morgan fingerprint density at radius 2 is 2.00 bits per heavy atom. The van der Waals surface area contributed by atoms with Crippen LogP contribution in [0.5, 0.6) is 0 Å². The average Bonchev–Trinajstić information content (AvgIpc) is 3.00. The molecule has 0 heterocycles. The van der Waals surface area contributed by atoms with Crippen LogP contribution >= 0.6 is 0 Å². The largest absolute Gasteiger partial charge is 0.468 e. The minimum atomic E-state index is -0.454. The minimum absolute atomic E-state index is 0.0271. The fourth-order valence-electron chi connectivity index (χ4n) is 2.77. The topological polar surface area (TPSA) is 46.6 Å². The Hall–Kier alpha value is -1.91. The molecule has 1 aromatic rings. The van der Waals surface area contributed by atoms with E-state index in [1.54, 1.807) is 13.0 Å². The number of ether oxygens (including phenoxy) is 1. The molecule has 1 amide bonds. The normalized spacial score (nSPS) is 15.0. The predicted octanol–water partition coefficient (Wildman–Crippen LogP) is 2.69. The van der Waals surface area contributed by atoms with Crippen LogP contribution in [0.3, 0.4) is 0 Å². The molecule has 0 bridgehead atoms. The number of rotatable bonds is 4. The molecule has 0 unspecified atom stereocenters. The van der Waals surface area contributed by atoms with Gasteiger partial charge in [-0.05, 0) is 37.5 Å². The summed E-state index contributed by atoms with van der Waals surface area (Å²) in [6, 6.07) is 4.16. The summed E-state index contributed by atoms with van der Waals surface area (Å²) in [5.74, 6) is -1.21. The Morgan fingerprint density at radius 3 is 2.62 bits per heavy atom. The number of carbonyl (C=O) groups excluding carboxylic acids is 2. The number of hydrogen-bond acceptors (Lipinski definition) is 3. The highest BCUT2D eigenvalue weighted by Crippen LogP contribution is 2.25. The van der Waals surface area contributed by atoms with Crippen molar-refractivity contribution in [2.75, 3.05) is 13.7 Å². The maximum Gasteiger partial charge on any atom is 0.325 e. The van der Waals surface area contributed by atoms with E-state index in [0.717, 1.165) is 25.7 Å². The van der Waals surface area contributed by atoms with Crippen LogP contribution in [0.15, 0.2) is 18.2 Å². The third-order valence-electron chi connectivity index (χ3n) is 3.98. The standard InChI is InChI=1S/C16H20FNO3/c1-11-7-8-12(17)9-14(11)16(20)18(10-15(19)21-2)13-5-3-4-6-13/h7-9,13H,3-6,10H2,1-2H3. The molecule has 0 N–H and O–H groups in total. The van der Waals surface area contributed by atoms with Gasteiger partial charge in [-0.15, -0.1) is 0 Å². The molecule has 1 fully saturated rings. The fourth-order valence-corrected chi connectivity index (χ4v) is 2.77. The Balaban J connectivity index is 2.28. The molecule has 21 heavy (non-hydrogen) atoms. The van der Waals surface area contributed by atoms with Crippen molar-refractivity contribution in [2.45, 2.75) is 38.6 Å². The van der Waals surface area contributed by atoms with Gasteiger partial charge in [-0.1, -0.05) is 18.9 Å². The summed E-state index contributed by atoms with van der Waals surface area (Å²) < 4.78 is 18.1. The van der Waals surface area contributed by atoms with E-state index in [9.17, 15) is 14.0 Å². The Morgan fingerprint density at radius 1 is 1.33 bits per heavy atom. The first-order valence-electron chi connectivity index (χ1n) is 7.17. The van der Waals surface area contributed by atoms with Crippen molar-refractivity contribution in [3.05, 3.63) is 35.1 Å². The first kappa shape index (κ1) is 15.5. The van der Waals surface area contributed by atoms with Crippen molar-refractivity contribution >= 4 is 11.9 Å². The first-order valence-corrected chi connectivity index (χ1v) is 7.17. The minimum Gasteiger partial charge on any atom is -0.468 e. The summed E-state index contributed by atoms with van der Waals surface area (Å²) in [5, 5.41) is 0. The number of nitrogens with zero attached hydrogens (tertiary/aromatic N) is 1. The molecule has 0 saturated heterocycles. The number of benzene rings is 1. The zero-order valence-electron chi connectivity index (χ0n) is 12.4. The number of halogens is 1. The van der Waals surface area contributed by atoms with E-state index in [2.05, 4.69) is 4.74 Å². The SMILES string of the molecule is COC(=O)CN(C(=O)c1cc(F)ccc1C)C1CCCC1. The van der Waals surface area contributed by atoms with E-state index in [0.29, 0.717) is 11.1 Å². The van der Waals surface area contributed by atoms with Gasteiger partial charge in [-0.25, -0.2) is 4.39 Å². The summed E-state index contributed by atoms with van der Waals surface area (Å²) in [7, 11) is 1.30. The Kier molecular flexibility index (Phi) is 4.94. The third-order valence-corrected chi connectivity index (χ3v) is 3.98. The number of aryl methyl sites for hydroxylation is 1. The smallest absolute Gasteiger partial charge is 0.325 e. The van der Waals surface area contributed by atoms with Crippen molar-refractivity contribution in [1.82, 2.24) is 4.90 Å². The zero-order chi connectivity index (χ0) is 15.4. The van der Waals surface area contributed by atoms with Gasteiger partial charge in [0.1, 0.15) is 12.4 Å². The molecule has 4 nitrogen and oxygen atoms in total. The van der Waals surface area contributed by atoms with E-state index >= 15 is 0 Å². The quantitative estimate of drug-likeness (QED) is 0.802. The lowest BCUT2D eigenvalue weighted by Gasteiger charge is -2.28. The molecule has 0 spiro atoms. The van der Waals surface area contributed by atoms with Gasteiger partial charge in [-0.3, -0.25) is 9.59 Å². The predicted molar refractivity (Wildman–Crippen MR) is 76.4 cm³/mol. The van der Waals surface area contributed by atoms with Crippen molar-refractivity contribution in [1.29, 1.82) is 0 Å². The van der Waals surface area contributed by atoms with E-state index in [-0.39, 0.29) is 18.5 Å². The maximum atomic E-state index is 13.4. The van der Waals surface area contributed by atoms with Crippen LogP contribution in [0.25, 0.3) is 0 Å². The molecule has 114 valence electrons. The lowest BCUT2D eigenvalue weighted by Crippen LogP contribution is -2.42. The van der Waals surface area contributed by atoms with E-state index in [4.69, 9.17) is 0 Å². The molecular formula is C16H20FNO3. The molecule has 0 atom stereocenters. The number of hydrogen-bond donors (Lipinski definition) is 0. The van der Waals surface area contributed by atoms with Crippen molar-refractivity contribution < 1.29 is 18.7 Å². The van der Waals surface area contributed by atoms with Crippen LogP contribution < -0.4 is 0 Å². The van der Waals surface area contributed by atoms with Gasteiger partial charge in [0, 0.05) is 11.6 Å². The van der Waals surface area contributed by atoms with Crippen molar-refractivity contribution in [3.63, 3.8) is 0 Å². The van der Waals surface area contributed by atoms with Crippen LogP contribution in [0, 0.1) is 12.7 Å². The number of methoxy groups -OCH3 is 1. The van der Waals surface area contributed by atoms with Gasteiger partial charge >= 0.3 is 5.97 Å². The molecule has 1 aliphatic carbocycles. The second-order valence-electron chi connectivity index (χ2n) is 5.41. The molecule has 1 saturated carbocycles. The average molecular weight is 293 g/mol. The van der Waals surface area contributed by atoms with Crippen LogP contribution in [0.1, 0.15) is 41.6 Å². The summed E-state index contributed by atoms with van der Waals surface area (Å²) in [6.45, 7) is 1.67. The van der Waals surface area contributed by atoms with Gasteiger partial charge in [0.25, 0.3) is 5.91 Å². The van der Waals surface area contributed by atoms with Gasteiger partial charge in [0.05, 0.1) is 7.11 Å². The monoisotopic (exact) mass is 293 g/mol. The first-order chi connectivity index (χ1) is 10.0. The van der Waals surface area contributed by atoms with Crippen LogP contribution in [0.4, 0.5) is 4.39 Å².